The van der Waals surface area contributed by atoms with E-state index in [1.54, 1.807) is 11.3 Å². The number of benzene rings is 1. The van der Waals surface area contributed by atoms with Crippen LogP contribution in [0.1, 0.15) is 22.0 Å². The van der Waals surface area contributed by atoms with E-state index in [1.165, 1.54) is 6.20 Å². The van der Waals surface area contributed by atoms with Crippen LogP contribution >= 0.6 is 22.9 Å². The van der Waals surface area contributed by atoms with Crippen molar-refractivity contribution < 1.29 is 13.2 Å². The van der Waals surface area contributed by atoms with Crippen LogP contribution in [0.5, 0.6) is 0 Å². The molecular formula is C18H14ClF3N4S. The summed E-state index contributed by atoms with van der Waals surface area (Å²) in [6.45, 7) is 1.86. The van der Waals surface area contributed by atoms with Gasteiger partial charge in [-0.05, 0) is 12.1 Å². The Morgan fingerprint density at radius 2 is 1.89 bits per heavy atom. The van der Waals surface area contributed by atoms with E-state index in [0.717, 1.165) is 21.0 Å². The number of aromatic nitrogens is 3. The first kappa shape index (κ1) is 18.3. The fraction of sp³-hybridized carbons (Fsp3) is 0.278. The van der Waals surface area contributed by atoms with E-state index in [4.69, 9.17) is 11.6 Å². The summed E-state index contributed by atoms with van der Waals surface area (Å²) in [6.07, 6.45) is -0.896. The molecular weight excluding hydrogens is 397 g/mol. The Hall–Kier alpha value is -2.03. The Balaban J connectivity index is 1.45. The predicted octanol–water partition coefficient (Wildman–Crippen LogP) is 4.83. The maximum Gasteiger partial charge on any atom is 0.451 e. The molecule has 1 aromatic carbocycles. The van der Waals surface area contributed by atoms with Crippen LogP contribution in [0.4, 0.5) is 13.2 Å². The number of hydrogen-bond acceptors (Lipinski definition) is 5. The van der Waals surface area contributed by atoms with Crippen molar-refractivity contribution in [3.8, 4) is 10.6 Å². The Kier molecular flexibility index (Phi) is 4.88. The van der Waals surface area contributed by atoms with Gasteiger partial charge in [-0.25, -0.2) is 15.0 Å². The van der Waals surface area contributed by atoms with Gasteiger partial charge in [0.25, 0.3) is 0 Å². The summed E-state index contributed by atoms with van der Waals surface area (Å²) in [4.78, 5) is 14.9. The second kappa shape index (κ2) is 7.18. The molecule has 0 N–H and O–H groups in total. The lowest BCUT2D eigenvalue weighted by Crippen LogP contribution is -2.31. The van der Waals surface area contributed by atoms with Gasteiger partial charge in [0.05, 0.1) is 5.69 Å². The molecule has 4 nitrogen and oxygen atoms in total. The lowest BCUT2D eigenvalue weighted by Gasteiger charge is -2.27. The predicted molar refractivity (Wildman–Crippen MR) is 97.4 cm³/mol. The molecule has 1 aliphatic heterocycles. The van der Waals surface area contributed by atoms with Gasteiger partial charge in [-0.15, -0.1) is 11.3 Å². The maximum absolute atomic E-state index is 12.7. The van der Waals surface area contributed by atoms with Crippen molar-refractivity contribution in [2.45, 2.75) is 25.7 Å². The van der Waals surface area contributed by atoms with Crippen molar-refractivity contribution in [2.24, 2.45) is 0 Å². The van der Waals surface area contributed by atoms with Crippen LogP contribution in [-0.2, 0) is 25.7 Å². The second-order valence-electron chi connectivity index (χ2n) is 6.26. The second-order valence-corrected chi connectivity index (χ2v) is 7.81. The van der Waals surface area contributed by atoms with E-state index in [1.807, 2.05) is 30.5 Å². The smallest absolute Gasteiger partial charge is 0.293 e. The minimum atomic E-state index is -4.51. The fourth-order valence-corrected chi connectivity index (χ4v) is 4.06. The highest BCUT2D eigenvalue weighted by Crippen LogP contribution is 2.30. The molecule has 0 bridgehead atoms. The number of nitrogens with zero attached hydrogens (tertiary/aromatic N) is 4. The van der Waals surface area contributed by atoms with Crippen molar-refractivity contribution in [1.82, 2.24) is 19.9 Å². The first-order valence-electron chi connectivity index (χ1n) is 8.23. The van der Waals surface area contributed by atoms with Crippen molar-refractivity contribution in [2.75, 3.05) is 6.54 Å². The van der Waals surface area contributed by atoms with Crippen LogP contribution in [0.3, 0.4) is 0 Å². The molecule has 0 spiro atoms. The van der Waals surface area contributed by atoms with Crippen LogP contribution in [0, 0.1) is 0 Å². The molecule has 0 aliphatic carbocycles. The zero-order valence-electron chi connectivity index (χ0n) is 14.0. The third-order valence-electron chi connectivity index (χ3n) is 4.29. The molecule has 2 aromatic heterocycles. The van der Waals surface area contributed by atoms with Gasteiger partial charge in [-0.1, -0.05) is 23.7 Å². The zero-order chi connectivity index (χ0) is 19.0. The van der Waals surface area contributed by atoms with Gasteiger partial charge < -0.3 is 0 Å². The summed E-state index contributed by atoms with van der Waals surface area (Å²) in [6, 6.07) is 7.51. The largest absolute Gasteiger partial charge is 0.451 e. The van der Waals surface area contributed by atoms with Gasteiger partial charge in [0.2, 0.25) is 5.82 Å². The van der Waals surface area contributed by atoms with Crippen LogP contribution in [-0.4, -0.2) is 26.4 Å². The molecule has 140 valence electrons. The molecule has 0 fully saturated rings. The zero-order valence-corrected chi connectivity index (χ0v) is 15.6. The van der Waals surface area contributed by atoms with Crippen LogP contribution in [0.2, 0.25) is 5.02 Å². The van der Waals surface area contributed by atoms with E-state index < -0.39 is 12.0 Å². The first-order chi connectivity index (χ1) is 12.9. The van der Waals surface area contributed by atoms with E-state index in [0.29, 0.717) is 36.8 Å². The van der Waals surface area contributed by atoms with Gasteiger partial charge in [-0.2, -0.15) is 13.2 Å². The Morgan fingerprint density at radius 1 is 1.11 bits per heavy atom. The van der Waals surface area contributed by atoms with E-state index in [9.17, 15) is 13.2 Å². The molecule has 4 rings (SSSR count). The molecule has 27 heavy (non-hydrogen) atoms. The van der Waals surface area contributed by atoms with Gasteiger partial charge >= 0.3 is 6.18 Å². The molecule has 9 heteroatoms. The number of halogens is 4. The maximum atomic E-state index is 12.7. The molecule has 0 amide bonds. The number of fused-ring (bicyclic) bond motifs is 1. The topological polar surface area (TPSA) is 41.9 Å². The van der Waals surface area contributed by atoms with Crippen molar-refractivity contribution in [3.63, 3.8) is 0 Å². The molecule has 3 heterocycles. The average molecular weight is 411 g/mol. The number of thiazole rings is 1. The van der Waals surface area contributed by atoms with Crippen molar-refractivity contribution in [3.05, 3.63) is 63.6 Å². The highest BCUT2D eigenvalue weighted by atomic mass is 35.5. The summed E-state index contributed by atoms with van der Waals surface area (Å²) in [7, 11) is 0. The summed E-state index contributed by atoms with van der Waals surface area (Å²) >= 11 is 7.51. The first-order valence-corrected chi connectivity index (χ1v) is 9.43. The highest BCUT2D eigenvalue weighted by molar-refractivity contribution is 7.15. The molecule has 0 unspecified atom stereocenters. The minimum Gasteiger partial charge on any atom is -0.293 e. The van der Waals surface area contributed by atoms with E-state index in [2.05, 4.69) is 19.9 Å². The van der Waals surface area contributed by atoms with E-state index in [-0.39, 0.29) is 0 Å². The molecule has 0 atom stereocenters. The summed E-state index contributed by atoms with van der Waals surface area (Å²) < 4.78 is 38.2. The van der Waals surface area contributed by atoms with Gasteiger partial charge in [0.1, 0.15) is 5.01 Å². The summed E-state index contributed by atoms with van der Waals surface area (Å²) in [5, 5.41) is 1.59. The summed E-state index contributed by atoms with van der Waals surface area (Å²) in [5.41, 5.74) is 2.24. The third kappa shape index (κ3) is 4.12. The van der Waals surface area contributed by atoms with Gasteiger partial charge in [0, 0.05) is 59.5 Å². The minimum absolute atomic E-state index is 0.476. The molecule has 0 saturated heterocycles. The van der Waals surface area contributed by atoms with Crippen molar-refractivity contribution >= 4 is 22.9 Å². The normalized spacial score (nSPS) is 15.0. The molecule has 1 aliphatic rings. The van der Waals surface area contributed by atoms with Gasteiger partial charge in [-0.3, -0.25) is 4.90 Å². The van der Waals surface area contributed by atoms with Crippen LogP contribution in [0.15, 0.2) is 36.7 Å². The number of alkyl halides is 3. The fourth-order valence-electron chi connectivity index (χ4n) is 2.97. The number of hydrogen-bond donors (Lipinski definition) is 0. The molecule has 0 radical (unpaired) electrons. The molecule has 0 saturated carbocycles. The monoisotopic (exact) mass is 410 g/mol. The Morgan fingerprint density at radius 3 is 2.63 bits per heavy atom. The van der Waals surface area contributed by atoms with Gasteiger partial charge in [0.15, 0.2) is 0 Å². The lowest BCUT2D eigenvalue weighted by atomic mass is 10.1. The highest BCUT2D eigenvalue weighted by Gasteiger charge is 2.35. The van der Waals surface area contributed by atoms with Crippen molar-refractivity contribution in [1.29, 1.82) is 0 Å². The van der Waals surface area contributed by atoms with Crippen LogP contribution in [0.25, 0.3) is 10.6 Å². The average Bonchev–Trinajstić information content (AvgIpc) is 3.09. The third-order valence-corrected chi connectivity index (χ3v) is 5.57. The Bertz CT molecular complexity index is 956. The standard InChI is InChI=1S/C18H14ClF3N4S/c19-13-3-1-11(2-4-13)16-23-8-14(27-16)10-26-6-5-15-12(9-26)7-24-17(25-15)18(20,21)22/h1-4,7-8H,5-6,9-10H2. The Labute approximate surface area is 162 Å². The van der Waals surface area contributed by atoms with E-state index >= 15 is 0 Å². The molecule has 3 aromatic rings. The van der Waals surface area contributed by atoms with Crippen LogP contribution < -0.4 is 0 Å². The SMILES string of the molecule is FC(F)(F)c1ncc2c(n1)CCN(Cc1cnc(-c3ccc(Cl)cc3)s1)C2. The quantitative estimate of drug-likeness (QED) is 0.620. The lowest BCUT2D eigenvalue weighted by molar-refractivity contribution is -0.145. The summed E-state index contributed by atoms with van der Waals surface area (Å²) in [5.74, 6) is -1.07. The number of rotatable bonds is 3.